The summed E-state index contributed by atoms with van der Waals surface area (Å²) in [6, 6.07) is 9.13. The van der Waals surface area contributed by atoms with Crippen LogP contribution in [-0.2, 0) is 4.79 Å². The molecule has 0 radical (unpaired) electrons. The van der Waals surface area contributed by atoms with Crippen molar-refractivity contribution in [1.82, 2.24) is 4.90 Å². The molecule has 110 valence electrons. The highest BCUT2D eigenvalue weighted by Crippen LogP contribution is 2.28. The van der Waals surface area contributed by atoms with Crippen molar-refractivity contribution in [3.8, 4) is 0 Å². The zero-order valence-corrected chi connectivity index (χ0v) is 12.3. The number of rotatable bonds is 5. The zero-order chi connectivity index (χ0) is 14.4. The number of aliphatic carboxylic acids is 1. The molecule has 1 N–H and O–H groups in total. The fourth-order valence-corrected chi connectivity index (χ4v) is 3.29. The van der Waals surface area contributed by atoms with Gasteiger partial charge < -0.3 is 5.11 Å². The van der Waals surface area contributed by atoms with Crippen molar-refractivity contribution < 1.29 is 9.90 Å². The van der Waals surface area contributed by atoms with E-state index in [0.717, 1.165) is 37.4 Å². The maximum Gasteiger partial charge on any atom is 0.325 e. The summed E-state index contributed by atoms with van der Waals surface area (Å²) in [4.78, 5) is 13.8. The highest BCUT2D eigenvalue weighted by molar-refractivity contribution is 5.75. The molecule has 20 heavy (non-hydrogen) atoms. The molecule has 2 unspecified atom stereocenters. The maximum atomic E-state index is 11.7. The lowest BCUT2D eigenvalue weighted by Gasteiger charge is -2.27. The van der Waals surface area contributed by atoms with Crippen LogP contribution in [0.2, 0.25) is 0 Å². The molecule has 2 atom stereocenters. The summed E-state index contributed by atoms with van der Waals surface area (Å²) in [5.74, 6) is 0.0420. The number of benzene rings is 1. The molecule has 1 heterocycles. The Morgan fingerprint density at radius 2 is 2.05 bits per heavy atom. The fourth-order valence-electron chi connectivity index (χ4n) is 3.29. The van der Waals surface area contributed by atoms with Gasteiger partial charge in [-0.05, 0) is 43.8 Å². The lowest BCUT2D eigenvalue weighted by molar-refractivity contribution is -0.143. The lowest BCUT2D eigenvalue weighted by atomic mass is 9.96. The third-order valence-corrected chi connectivity index (χ3v) is 4.29. The van der Waals surface area contributed by atoms with Crippen LogP contribution in [0.3, 0.4) is 0 Å². The van der Waals surface area contributed by atoms with Gasteiger partial charge in [-0.15, -0.1) is 0 Å². The summed E-state index contributed by atoms with van der Waals surface area (Å²) in [6.07, 6.45) is 5.99. The molecule has 0 saturated carbocycles. The van der Waals surface area contributed by atoms with Gasteiger partial charge in [-0.25, -0.2) is 0 Å². The van der Waals surface area contributed by atoms with Gasteiger partial charge in [-0.1, -0.05) is 50.1 Å². The minimum atomic E-state index is -0.731. The molecular formula is C17H25NO2. The lowest BCUT2D eigenvalue weighted by Crippen LogP contribution is -2.35. The van der Waals surface area contributed by atoms with Crippen molar-refractivity contribution >= 4 is 5.97 Å². The van der Waals surface area contributed by atoms with E-state index in [1.54, 1.807) is 0 Å². The normalized spacial score (nSPS) is 22.1. The van der Waals surface area contributed by atoms with Gasteiger partial charge in [-0.2, -0.15) is 0 Å². The van der Waals surface area contributed by atoms with Crippen molar-refractivity contribution in [2.75, 3.05) is 13.1 Å². The minimum absolute atomic E-state index is 0.489. The van der Waals surface area contributed by atoms with Gasteiger partial charge >= 0.3 is 5.97 Å². The molecule has 1 fully saturated rings. The molecule has 1 aliphatic heterocycles. The van der Waals surface area contributed by atoms with Gasteiger partial charge in [0.15, 0.2) is 0 Å². The molecule has 0 spiro atoms. The zero-order valence-electron chi connectivity index (χ0n) is 12.3. The number of nitrogens with zero attached hydrogens (tertiary/aromatic N) is 1. The molecule has 0 amide bonds. The Labute approximate surface area is 121 Å². The molecule has 1 saturated heterocycles. The molecule has 1 aromatic rings. The summed E-state index contributed by atoms with van der Waals surface area (Å²) < 4.78 is 0. The predicted molar refractivity (Wildman–Crippen MR) is 80.6 cm³/mol. The first-order valence-corrected chi connectivity index (χ1v) is 7.74. The topological polar surface area (TPSA) is 40.5 Å². The van der Waals surface area contributed by atoms with Crippen molar-refractivity contribution in [3.63, 3.8) is 0 Å². The predicted octanol–water partition coefficient (Wildman–Crippen LogP) is 3.71. The molecule has 1 aromatic carbocycles. The summed E-state index contributed by atoms with van der Waals surface area (Å²) in [5, 5.41) is 9.60. The van der Waals surface area contributed by atoms with Crippen LogP contribution in [0.15, 0.2) is 30.3 Å². The molecular weight excluding hydrogens is 250 g/mol. The molecule has 0 bridgehead atoms. The summed E-state index contributed by atoms with van der Waals surface area (Å²) in [7, 11) is 0. The highest BCUT2D eigenvalue weighted by Gasteiger charge is 2.29. The first-order chi connectivity index (χ1) is 9.72. The quantitative estimate of drug-likeness (QED) is 0.890. The van der Waals surface area contributed by atoms with E-state index in [1.807, 2.05) is 30.3 Å². The highest BCUT2D eigenvalue weighted by atomic mass is 16.4. The molecule has 0 aliphatic carbocycles. The van der Waals surface area contributed by atoms with Crippen LogP contribution in [0.1, 0.15) is 50.6 Å². The van der Waals surface area contributed by atoms with Crippen LogP contribution in [0.25, 0.3) is 0 Å². The van der Waals surface area contributed by atoms with E-state index in [4.69, 9.17) is 0 Å². The Morgan fingerprint density at radius 1 is 1.30 bits per heavy atom. The summed E-state index contributed by atoms with van der Waals surface area (Å²) in [6.45, 7) is 4.02. The van der Waals surface area contributed by atoms with E-state index in [-0.39, 0.29) is 0 Å². The second-order valence-electron chi connectivity index (χ2n) is 5.77. The second-order valence-corrected chi connectivity index (χ2v) is 5.77. The number of hydrogen-bond donors (Lipinski definition) is 1. The summed E-state index contributed by atoms with van der Waals surface area (Å²) in [5.41, 5.74) is 0.897. The van der Waals surface area contributed by atoms with Crippen LogP contribution in [0.5, 0.6) is 0 Å². The number of carbonyl (C=O) groups is 1. The van der Waals surface area contributed by atoms with Crippen molar-refractivity contribution in [3.05, 3.63) is 35.9 Å². The molecule has 2 rings (SSSR count). The van der Waals surface area contributed by atoms with E-state index in [2.05, 4.69) is 11.8 Å². The standard InChI is InChI=1S/C17H25NO2/c1-2-7-14-8-6-12-18(13-11-14)16(17(19)20)15-9-4-3-5-10-15/h3-5,9-10,14,16H,2,6-8,11-13H2,1H3,(H,19,20). The minimum Gasteiger partial charge on any atom is -0.480 e. The first kappa shape index (κ1) is 15.0. The largest absolute Gasteiger partial charge is 0.480 e. The average Bonchev–Trinajstić information content (AvgIpc) is 2.66. The van der Waals surface area contributed by atoms with E-state index in [9.17, 15) is 9.90 Å². The SMILES string of the molecule is CCCC1CCCN(C(C(=O)O)c2ccccc2)CC1. The Bertz CT molecular complexity index is 418. The van der Waals surface area contributed by atoms with Gasteiger partial charge in [0.25, 0.3) is 0 Å². The van der Waals surface area contributed by atoms with Gasteiger partial charge in [0.1, 0.15) is 6.04 Å². The van der Waals surface area contributed by atoms with Crippen LogP contribution in [-0.4, -0.2) is 29.1 Å². The fraction of sp³-hybridized carbons (Fsp3) is 0.588. The maximum absolute atomic E-state index is 11.7. The van der Waals surface area contributed by atoms with Gasteiger partial charge in [0, 0.05) is 0 Å². The molecule has 0 aromatic heterocycles. The monoisotopic (exact) mass is 275 g/mol. The summed E-state index contributed by atoms with van der Waals surface area (Å²) >= 11 is 0. The smallest absolute Gasteiger partial charge is 0.325 e. The van der Waals surface area contributed by atoms with E-state index >= 15 is 0 Å². The van der Waals surface area contributed by atoms with Crippen LogP contribution in [0.4, 0.5) is 0 Å². The van der Waals surface area contributed by atoms with E-state index in [1.165, 1.54) is 19.3 Å². The Hall–Kier alpha value is -1.35. The number of hydrogen-bond acceptors (Lipinski definition) is 2. The Morgan fingerprint density at radius 3 is 2.70 bits per heavy atom. The van der Waals surface area contributed by atoms with Crippen LogP contribution < -0.4 is 0 Å². The first-order valence-electron chi connectivity index (χ1n) is 7.74. The second kappa shape index (κ2) is 7.44. The Balaban J connectivity index is 2.09. The average molecular weight is 275 g/mol. The third kappa shape index (κ3) is 3.83. The molecule has 3 heteroatoms. The van der Waals surface area contributed by atoms with Gasteiger partial charge in [0.05, 0.1) is 0 Å². The van der Waals surface area contributed by atoms with Crippen LogP contribution >= 0.6 is 0 Å². The van der Waals surface area contributed by atoms with Crippen molar-refractivity contribution in [2.24, 2.45) is 5.92 Å². The number of likely N-dealkylation sites (tertiary alicyclic amines) is 1. The van der Waals surface area contributed by atoms with Crippen molar-refractivity contribution in [2.45, 2.75) is 45.1 Å². The van der Waals surface area contributed by atoms with E-state index < -0.39 is 12.0 Å². The number of carboxylic acids is 1. The Kier molecular flexibility index (Phi) is 5.60. The molecule has 3 nitrogen and oxygen atoms in total. The third-order valence-electron chi connectivity index (χ3n) is 4.29. The van der Waals surface area contributed by atoms with E-state index in [0.29, 0.717) is 0 Å². The molecule has 1 aliphatic rings. The van der Waals surface area contributed by atoms with Crippen LogP contribution in [0, 0.1) is 5.92 Å². The van der Waals surface area contributed by atoms with Gasteiger partial charge in [-0.3, -0.25) is 9.69 Å². The van der Waals surface area contributed by atoms with Crippen molar-refractivity contribution in [1.29, 1.82) is 0 Å². The van der Waals surface area contributed by atoms with Gasteiger partial charge in [0.2, 0.25) is 0 Å². The number of carboxylic acid groups (broad SMARTS) is 1.